The zero-order valence-electron chi connectivity index (χ0n) is 18.2. The third kappa shape index (κ3) is 3.35. The molecule has 0 radical (unpaired) electrons. The minimum atomic E-state index is -1.04. The van der Waals surface area contributed by atoms with Gasteiger partial charge >= 0.3 is 6.03 Å². The van der Waals surface area contributed by atoms with E-state index in [1.165, 1.54) is 0 Å². The van der Waals surface area contributed by atoms with Crippen LogP contribution in [0.2, 0.25) is 0 Å². The van der Waals surface area contributed by atoms with Gasteiger partial charge in [0, 0.05) is 23.5 Å². The molecule has 32 heavy (non-hydrogen) atoms. The Morgan fingerprint density at radius 2 is 1.72 bits per heavy atom. The second kappa shape index (κ2) is 8.02. The van der Waals surface area contributed by atoms with E-state index in [1.54, 1.807) is 16.7 Å². The molecule has 1 unspecified atom stereocenters. The van der Waals surface area contributed by atoms with E-state index in [0.29, 0.717) is 18.8 Å². The van der Waals surface area contributed by atoms with Crippen molar-refractivity contribution < 1.29 is 9.59 Å². The maximum absolute atomic E-state index is 14.0. The first kappa shape index (κ1) is 20.6. The molecule has 2 heterocycles. The predicted octanol–water partition coefficient (Wildman–Crippen LogP) is 5.28. The van der Waals surface area contributed by atoms with Crippen LogP contribution < -0.4 is 10.2 Å². The lowest BCUT2D eigenvalue weighted by atomic mass is 10.0. The minimum Gasteiger partial charge on any atom is -0.308 e. The van der Waals surface area contributed by atoms with Gasteiger partial charge in [-0.05, 0) is 37.6 Å². The number of rotatable bonds is 3. The Morgan fingerprint density at radius 1 is 1.00 bits per heavy atom. The fourth-order valence-electron chi connectivity index (χ4n) is 4.48. The monoisotopic (exact) mass is 443 g/mol. The second-order valence-electron chi connectivity index (χ2n) is 8.34. The van der Waals surface area contributed by atoms with E-state index in [0.717, 1.165) is 33.6 Å². The van der Waals surface area contributed by atoms with Crippen molar-refractivity contribution in [1.29, 1.82) is 0 Å². The van der Waals surface area contributed by atoms with Gasteiger partial charge in [-0.3, -0.25) is 9.69 Å². The quantitative estimate of drug-likeness (QED) is 0.599. The number of benzene rings is 3. The van der Waals surface area contributed by atoms with Crippen LogP contribution in [0.4, 0.5) is 16.2 Å². The summed E-state index contributed by atoms with van der Waals surface area (Å²) in [5.41, 5.74) is 5.77. The van der Waals surface area contributed by atoms with Gasteiger partial charge in [0.15, 0.2) is 4.87 Å². The molecule has 3 amide bonds. The van der Waals surface area contributed by atoms with Crippen LogP contribution in [0.3, 0.4) is 0 Å². The van der Waals surface area contributed by atoms with Crippen molar-refractivity contribution in [2.24, 2.45) is 0 Å². The van der Waals surface area contributed by atoms with E-state index in [9.17, 15) is 9.59 Å². The lowest BCUT2D eigenvalue weighted by molar-refractivity contribution is -0.123. The Balaban J connectivity index is 1.53. The van der Waals surface area contributed by atoms with Crippen molar-refractivity contribution in [2.45, 2.75) is 25.3 Å². The molecule has 1 spiro atoms. The summed E-state index contributed by atoms with van der Waals surface area (Å²) in [5.74, 6) is 0.656. The molecule has 1 atom stereocenters. The third-order valence-electron chi connectivity index (χ3n) is 6.08. The average molecular weight is 444 g/mol. The molecule has 3 aromatic carbocycles. The van der Waals surface area contributed by atoms with Gasteiger partial charge in [-0.15, -0.1) is 11.8 Å². The van der Waals surface area contributed by atoms with Crippen molar-refractivity contribution in [1.82, 2.24) is 4.90 Å². The van der Waals surface area contributed by atoms with E-state index >= 15 is 0 Å². The van der Waals surface area contributed by atoms with Gasteiger partial charge in [0.2, 0.25) is 0 Å². The van der Waals surface area contributed by atoms with Crippen molar-refractivity contribution in [3.8, 4) is 0 Å². The van der Waals surface area contributed by atoms with E-state index in [-0.39, 0.29) is 11.9 Å². The van der Waals surface area contributed by atoms with Crippen LogP contribution in [-0.4, -0.2) is 29.1 Å². The highest BCUT2D eigenvalue weighted by atomic mass is 32.2. The number of urea groups is 1. The molecule has 162 valence electrons. The number of nitrogens with zero attached hydrogens (tertiary/aromatic N) is 2. The molecular weight excluding hydrogens is 418 g/mol. The Morgan fingerprint density at radius 3 is 2.47 bits per heavy atom. The molecule has 0 bridgehead atoms. The Kier molecular flexibility index (Phi) is 5.18. The molecular formula is C26H25N3O2S. The number of fused-ring (bicyclic) bond motifs is 2. The molecule has 1 N–H and O–H groups in total. The Labute approximate surface area is 192 Å². The second-order valence-corrected chi connectivity index (χ2v) is 9.63. The number of carbonyl (C=O) groups excluding carboxylic acids is 2. The smallest absolute Gasteiger partial charge is 0.308 e. The number of hydrogen-bond acceptors (Lipinski definition) is 3. The van der Waals surface area contributed by atoms with Crippen LogP contribution in [0, 0.1) is 13.8 Å². The summed E-state index contributed by atoms with van der Waals surface area (Å²) in [6.07, 6.45) is 0. The van der Waals surface area contributed by atoms with E-state index < -0.39 is 4.87 Å². The SMILES string of the molecule is Cc1ccc(NC(=O)N2CCSC23C(=O)N(Cc2ccccc2)c2ccc(C)cc23)cc1. The summed E-state index contributed by atoms with van der Waals surface area (Å²) >= 11 is 1.55. The van der Waals surface area contributed by atoms with Gasteiger partial charge in [-0.2, -0.15) is 0 Å². The number of amides is 3. The lowest BCUT2D eigenvalue weighted by Gasteiger charge is -2.33. The number of aryl methyl sites for hydroxylation is 2. The molecule has 0 aliphatic carbocycles. The van der Waals surface area contributed by atoms with Crippen molar-refractivity contribution in [2.75, 3.05) is 22.5 Å². The minimum absolute atomic E-state index is 0.0523. The van der Waals surface area contributed by atoms with Gasteiger partial charge in [-0.1, -0.05) is 65.7 Å². The van der Waals surface area contributed by atoms with Crippen molar-refractivity contribution in [3.05, 3.63) is 95.1 Å². The number of nitrogens with one attached hydrogen (secondary N) is 1. The van der Waals surface area contributed by atoms with Gasteiger partial charge in [0.25, 0.3) is 5.91 Å². The first-order chi connectivity index (χ1) is 15.5. The normalized spacial score (nSPS) is 19.5. The number of hydrogen-bond donors (Lipinski definition) is 1. The molecule has 1 saturated heterocycles. The zero-order valence-corrected chi connectivity index (χ0v) is 19.0. The van der Waals surface area contributed by atoms with Crippen LogP contribution in [0.25, 0.3) is 0 Å². The molecule has 6 heteroatoms. The molecule has 2 aliphatic heterocycles. The molecule has 5 nitrogen and oxygen atoms in total. The van der Waals surface area contributed by atoms with Crippen LogP contribution in [0.1, 0.15) is 22.3 Å². The van der Waals surface area contributed by atoms with Crippen molar-refractivity contribution in [3.63, 3.8) is 0 Å². The summed E-state index contributed by atoms with van der Waals surface area (Å²) in [6, 6.07) is 23.5. The topological polar surface area (TPSA) is 52.7 Å². The van der Waals surface area contributed by atoms with E-state index in [4.69, 9.17) is 0 Å². The highest BCUT2D eigenvalue weighted by molar-refractivity contribution is 8.01. The largest absolute Gasteiger partial charge is 0.323 e. The van der Waals surface area contributed by atoms with Crippen LogP contribution >= 0.6 is 11.8 Å². The van der Waals surface area contributed by atoms with E-state index in [1.807, 2.05) is 85.5 Å². The lowest BCUT2D eigenvalue weighted by Crippen LogP contribution is -2.51. The summed E-state index contributed by atoms with van der Waals surface area (Å²) in [4.78, 5) is 29.9. The molecule has 2 aliphatic rings. The molecule has 0 aromatic heterocycles. The standard InChI is InChI=1S/C26H25N3O2S/c1-18-8-11-21(12-9-18)27-25(31)29-14-15-32-26(29)22-16-19(2)10-13-23(22)28(24(26)30)17-20-6-4-3-5-7-20/h3-13,16H,14-15,17H2,1-2H3,(H,27,31). The summed E-state index contributed by atoms with van der Waals surface area (Å²) < 4.78 is 0. The number of thioether (sulfide) groups is 1. The fourth-order valence-corrected chi connectivity index (χ4v) is 5.93. The highest BCUT2D eigenvalue weighted by Crippen LogP contribution is 2.54. The van der Waals surface area contributed by atoms with Gasteiger partial charge in [-0.25, -0.2) is 4.79 Å². The first-order valence-electron chi connectivity index (χ1n) is 10.8. The summed E-state index contributed by atoms with van der Waals surface area (Å²) in [5, 5.41) is 3.00. The van der Waals surface area contributed by atoms with Crippen molar-refractivity contribution >= 4 is 35.1 Å². The molecule has 1 fully saturated rings. The maximum Gasteiger partial charge on any atom is 0.323 e. The van der Waals surface area contributed by atoms with E-state index in [2.05, 4.69) is 11.4 Å². The molecule has 5 rings (SSSR count). The average Bonchev–Trinajstić information content (AvgIpc) is 3.33. The predicted molar refractivity (Wildman–Crippen MR) is 130 cm³/mol. The Hall–Kier alpha value is -3.25. The fraction of sp³-hybridized carbons (Fsp3) is 0.231. The zero-order chi connectivity index (χ0) is 22.3. The van der Waals surface area contributed by atoms with Crippen LogP contribution in [-0.2, 0) is 16.2 Å². The summed E-state index contributed by atoms with van der Waals surface area (Å²) in [6.45, 7) is 5.02. The van der Waals surface area contributed by atoms with Gasteiger partial charge in [0.05, 0.1) is 12.2 Å². The van der Waals surface area contributed by atoms with Crippen LogP contribution in [0.5, 0.6) is 0 Å². The first-order valence-corrected chi connectivity index (χ1v) is 11.7. The third-order valence-corrected chi connectivity index (χ3v) is 7.50. The van der Waals surface area contributed by atoms with Crippen LogP contribution in [0.15, 0.2) is 72.8 Å². The maximum atomic E-state index is 14.0. The summed E-state index contributed by atoms with van der Waals surface area (Å²) in [7, 11) is 0. The Bertz CT molecular complexity index is 1180. The van der Waals surface area contributed by atoms with Gasteiger partial charge in [0.1, 0.15) is 0 Å². The highest BCUT2D eigenvalue weighted by Gasteiger charge is 2.59. The van der Waals surface area contributed by atoms with Gasteiger partial charge < -0.3 is 10.2 Å². The molecule has 0 saturated carbocycles. The molecule has 3 aromatic rings. The number of carbonyl (C=O) groups is 2. The number of anilines is 2.